The van der Waals surface area contributed by atoms with Crippen LogP contribution in [-0.4, -0.2) is 19.5 Å². The first-order valence-corrected chi connectivity index (χ1v) is 20.5. The standard InChI is InChI=1S/C59H36N4O/c1-3-14-38(15-4-1)57-60-58(39-16-5-2-6-17-39)62-59(61-57)49-33-32-46(44-20-9-10-21-45(44)49)48-23-13-25-54-56(48)50-31-28-42(36-55(50)64-54)37-26-29-43(30-27-37)63-52-24-12-11-22-47(52)51-34-40-18-7-8-19-41(40)35-53(51)63/h1-36H/i7D,8D,11D,12D,18D,19D,22D,24D,26D,27D,29D,30D,34D,35D. The predicted molar refractivity (Wildman–Crippen MR) is 264 cm³/mol. The Kier molecular flexibility index (Phi) is 5.58. The zero-order valence-corrected chi connectivity index (χ0v) is 33.4. The second-order valence-electron chi connectivity index (χ2n) is 15.2. The summed E-state index contributed by atoms with van der Waals surface area (Å²) >= 11 is 0. The van der Waals surface area contributed by atoms with Crippen LogP contribution in [0.4, 0.5) is 0 Å². The molecule has 0 saturated heterocycles. The molecule has 64 heavy (non-hydrogen) atoms. The van der Waals surface area contributed by atoms with Gasteiger partial charge in [-0.3, -0.25) is 0 Å². The van der Waals surface area contributed by atoms with Crippen LogP contribution in [0.15, 0.2) is 222 Å². The molecule has 0 amide bonds. The van der Waals surface area contributed by atoms with Crippen LogP contribution in [0, 0.1) is 0 Å². The van der Waals surface area contributed by atoms with E-state index in [0.29, 0.717) is 34.0 Å². The van der Waals surface area contributed by atoms with E-state index in [4.69, 9.17) is 30.3 Å². The summed E-state index contributed by atoms with van der Waals surface area (Å²) in [5.41, 5.74) is 4.15. The van der Waals surface area contributed by atoms with Crippen molar-refractivity contribution in [3.05, 3.63) is 218 Å². The molecule has 0 atom stereocenters. The van der Waals surface area contributed by atoms with Crippen molar-refractivity contribution >= 4 is 65.3 Å². The Morgan fingerprint density at radius 2 is 1.03 bits per heavy atom. The van der Waals surface area contributed by atoms with Gasteiger partial charge < -0.3 is 8.98 Å². The molecule has 298 valence electrons. The highest BCUT2D eigenvalue weighted by molar-refractivity contribution is 6.17. The maximum Gasteiger partial charge on any atom is 0.164 e. The number of furan rings is 1. The van der Waals surface area contributed by atoms with Crippen LogP contribution >= 0.6 is 0 Å². The minimum Gasteiger partial charge on any atom is -0.456 e. The third-order valence-electron chi connectivity index (χ3n) is 11.6. The molecular weight excluding hydrogens is 781 g/mol. The van der Waals surface area contributed by atoms with Gasteiger partial charge in [0.15, 0.2) is 17.5 Å². The van der Waals surface area contributed by atoms with Gasteiger partial charge in [-0.25, -0.2) is 15.0 Å². The Labute approximate surface area is 387 Å². The zero-order valence-electron chi connectivity index (χ0n) is 47.4. The van der Waals surface area contributed by atoms with E-state index >= 15 is 0 Å². The lowest BCUT2D eigenvalue weighted by molar-refractivity contribution is 0.669. The van der Waals surface area contributed by atoms with Gasteiger partial charge in [-0.1, -0.05) is 164 Å². The third kappa shape index (κ3) is 5.83. The Morgan fingerprint density at radius 3 is 1.78 bits per heavy atom. The number of rotatable bonds is 6. The fraction of sp³-hybridized carbons (Fsp3) is 0. The van der Waals surface area contributed by atoms with Gasteiger partial charge in [-0.2, -0.15) is 0 Å². The van der Waals surface area contributed by atoms with Gasteiger partial charge in [-0.05, 0) is 98.3 Å². The average molecular weight is 831 g/mol. The zero-order chi connectivity index (χ0) is 54.3. The van der Waals surface area contributed by atoms with Crippen LogP contribution < -0.4 is 0 Å². The second kappa shape index (κ2) is 14.5. The van der Waals surface area contributed by atoms with Crippen molar-refractivity contribution < 1.29 is 23.6 Å². The maximum atomic E-state index is 9.54. The number of aromatic nitrogens is 4. The average Bonchev–Trinajstić information content (AvgIpc) is 3.46. The first kappa shape index (κ1) is 24.7. The quantitative estimate of drug-likeness (QED) is 0.167. The third-order valence-corrected chi connectivity index (χ3v) is 11.6. The van der Waals surface area contributed by atoms with Gasteiger partial charge in [0.05, 0.1) is 30.2 Å². The van der Waals surface area contributed by atoms with Crippen molar-refractivity contribution in [3.63, 3.8) is 0 Å². The van der Waals surface area contributed by atoms with Crippen LogP contribution in [-0.2, 0) is 0 Å². The Morgan fingerprint density at radius 1 is 0.391 bits per heavy atom. The number of benzene rings is 10. The summed E-state index contributed by atoms with van der Waals surface area (Å²) in [7, 11) is 0. The Balaban J connectivity index is 0.976. The van der Waals surface area contributed by atoms with Crippen LogP contribution in [0.5, 0.6) is 0 Å². The monoisotopic (exact) mass is 830 g/mol. The van der Waals surface area contributed by atoms with Crippen molar-refractivity contribution in [3.8, 4) is 62.1 Å². The van der Waals surface area contributed by atoms with Crippen molar-refractivity contribution in [2.45, 2.75) is 0 Å². The molecule has 0 aliphatic rings. The molecule has 3 heterocycles. The summed E-state index contributed by atoms with van der Waals surface area (Å²) in [4.78, 5) is 14.9. The fourth-order valence-corrected chi connectivity index (χ4v) is 8.63. The van der Waals surface area contributed by atoms with E-state index in [-0.39, 0.29) is 43.7 Å². The van der Waals surface area contributed by atoms with Gasteiger partial charge in [0.2, 0.25) is 0 Å². The van der Waals surface area contributed by atoms with Crippen molar-refractivity contribution in [2.24, 2.45) is 0 Å². The minimum atomic E-state index is -0.711. The predicted octanol–water partition coefficient (Wildman–Crippen LogP) is 15.5. The van der Waals surface area contributed by atoms with Crippen LogP contribution in [0.1, 0.15) is 19.2 Å². The molecule has 13 rings (SSSR count). The van der Waals surface area contributed by atoms with E-state index in [0.717, 1.165) is 48.5 Å². The molecule has 3 aromatic heterocycles. The summed E-state index contributed by atoms with van der Waals surface area (Å²) in [6.45, 7) is 0. The van der Waals surface area contributed by atoms with Crippen molar-refractivity contribution in [1.82, 2.24) is 19.5 Å². The van der Waals surface area contributed by atoms with Gasteiger partial charge in [0.25, 0.3) is 0 Å². The topological polar surface area (TPSA) is 56.7 Å². The summed E-state index contributed by atoms with van der Waals surface area (Å²) in [5, 5.41) is 2.02. The Bertz CT molecular complexity index is 4710. The van der Waals surface area contributed by atoms with E-state index in [1.165, 1.54) is 0 Å². The second-order valence-corrected chi connectivity index (χ2v) is 15.2. The molecule has 0 unspecified atom stereocenters. The van der Waals surface area contributed by atoms with Crippen LogP contribution in [0.2, 0.25) is 0 Å². The molecule has 10 aromatic carbocycles. The first-order valence-electron chi connectivity index (χ1n) is 27.5. The summed E-state index contributed by atoms with van der Waals surface area (Å²) in [6, 6.07) is 33.6. The number of nitrogens with zero attached hydrogens (tertiary/aromatic N) is 4. The lowest BCUT2D eigenvalue weighted by Crippen LogP contribution is -2.00. The highest BCUT2D eigenvalue weighted by Crippen LogP contribution is 2.43. The first-order chi connectivity index (χ1) is 37.6. The molecule has 0 fully saturated rings. The summed E-state index contributed by atoms with van der Waals surface area (Å²) in [6.07, 6.45) is 0. The molecule has 0 bridgehead atoms. The molecule has 0 spiro atoms. The molecule has 0 aliphatic carbocycles. The normalized spacial score (nSPS) is 14.8. The number of hydrogen-bond acceptors (Lipinski definition) is 4. The van der Waals surface area contributed by atoms with Gasteiger partial charge in [-0.15, -0.1) is 0 Å². The van der Waals surface area contributed by atoms with E-state index in [1.54, 1.807) is 18.2 Å². The molecule has 0 N–H and O–H groups in total. The summed E-state index contributed by atoms with van der Waals surface area (Å²) in [5.74, 6) is 1.58. The molecule has 13 aromatic rings. The largest absolute Gasteiger partial charge is 0.456 e. The smallest absolute Gasteiger partial charge is 0.164 e. The molecule has 0 saturated carbocycles. The van der Waals surface area contributed by atoms with Crippen molar-refractivity contribution in [1.29, 1.82) is 0 Å². The number of hydrogen-bond donors (Lipinski definition) is 0. The van der Waals surface area contributed by atoms with E-state index in [9.17, 15) is 8.22 Å². The van der Waals surface area contributed by atoms with E-state index in [1.807, 2.05) is 115 Å². The van der Waals surface area contributed by atoms with Gasteiger partial charge >= 0.3 is 0 Å². The highest BCUT2D eigenvalue weighted by atomic mass is 16.3. The summed E-state index contributed by atoms with van der Waals surface area (Å²) < 4.78 is 134. The lowest BCUT2D eigenvalue weighted by Gasteiger charge is -2.13. The number of fused-ring (bicyclic) bond motifs is 8. The molecular formula is C59H36N4O. The molecule has 5 heteroatoms. The van der Waals surface area contributed by atoms with Crippen molar-refractivity contribution in [2.75, 3.05) is 0 Å². The van der Waals surface area contributed by atoms with Crippen LogP contribution in [0.3, 0.4) is 0 Å². The molecule has 0 radical (unpaired) electrons. The fourth-order valence-electron chi connectivity index (χ4n) is 8.63. The van der Waals surface area contributed by atoms with Crippen LogP contribution in [0.25, 0.3) is 127 Å². The lowest BCUT2D eigenvalue weighted by atomic mass is 9.92. The SMILES string of the molecule is [2H]c1c([2H])c(-n2c3c([2H])c([2H])c([2H])c([2H])c3c3c([2H])c4c([2H])c([2H])c([2H])c([2H])c4c([2H])c32)c([2H])c([2H])c1-c1ccc2c(c1)oc1cccc(-c3ccc(-c4nc(-c5ccccc5)nc(-c5ccccc5)n4)c4ccccc34)c12. The highest BCUT2D eigenvalue weighted by Gasteiger charge is 2.20. The molecule has 5 nitrogen and oxygen atoms in total. The minimum absolute atomic E-state index is 0.114. The van der Waals surface area contributed by atoms with Gasteiger partial charge in [0.1, 0.15) is 11.2 Å². The number of para-hydroxylation sites is 1. The van der Waals surface area contributed by atoms with E-state index in [2.05, 4.69) is 0 Å². The van der Waals surface area contributed by atoms with E-state index < -0.39 is 90.3 Å². The Hall–Kier alpha value is -8.67. The van der Waals surface area contributed by atoms with Gasteiger partial charge in [0, 0.05) is 43.9 Å². The maximum absolute atomic E-state index is 9.54. The molecule has 0 aliphatic heterocycles.